The van der Waals surface area contributed by atoms with Crippen molar-refractivity contribution >= 4 is 19.9 Å². The third kappa shape index (κ3) is 3.51. The summed E-state index contributed by atoms with van der Waals surface area (Å²) in [5.74, 6) is -0.175. The molecule has 0 amide bonds. The molecule has 26 heavy (non-hydrogen) atoms. The Balaban J connectivity index is 1.79. The summed E-state index contributed by atoms with van der Waals surface area (Å²) in [6, 6.07) is 6.82. The largest absolute Gasteiger partial charge is 0.468 e. The maximum Gasteiger partial charge on any atom is 0.417 e. The average Bonchev–Trinajstić information content (AvgIpc) is 2.96. The van der Waals surface area contributed by atoms with E-state index in [4.69, 9.17) is 4.42 Å². The SMILES string of the molecule is O=S(=O)(Cc1ccco1)C1CN(S(=O)(=O)c2ccccc2C(F)(F)F)C1. The highest BCUT2D eigenvalue weighted by Gasteiger charge is 2.46. The van der Waals surface area contributed by atoms with Crippen LogP contribution in [0.5, 0.6) is 0 Å². The number of halogens is 3. The van der Waals surface area contributed by atoms with Crippen molar-refractivity contribution in [3.05, 3.63) is 54.0 Å². The smallest absolute Gasteiger partial charge is 0.417 e. The summed E-state index contributed by atoms with van der Waals surface area (Å²) in [5, 5.41) is -0.986. The second-order valence-corrected chi connectivity index (χ2v) is 10.0. The quantitative estimate of drug-likeness (QED) is 0.757. The zero-order chi connectivity index (χ0) is 19.2. The molecule has 2 aromatic rings. The van der Waals surface area contributed by atoms with Gasteiger partial charge in [-0.1, -0.05) is 12.1 Å². The Morgan fingerprint density at radius 2 is 1.69 bits per heavy atom. The minimum absolute atomic E-state index is 0.216. The molecular weight excluding hydrogens is 395 g/mol. The molecule has 3 rings (SSSR count). The molecule has 0 bridgehead atoms. The van der Waals surface area contributed by atoms with Crippen LogP contribution in [0, 0.1) is 0 Å². The highest BCUT2D eigenvalue weighted by molar-refractivity contribution is 7.92. The lowest BCUT2D eigenvalue weighted by Crippen LogP contribution is -2.57. The number of sulfone groups is 1. The summed E-state index contributed by atoms with van der Waals surface area (Å²) in [6.45, 7) is -0.783. The average molecular weight is 409 g/mol. The van der Waals surface area contributed by atoms with Gasteiger partial charge in [-0.25, -0.2) is 16.8 Å². The van der Waals surface area contributed by atoms with Crippen molar-refractivity contribution in [3.8, 4) is 0 Å². The van der Waals surface area contributed by atoms with Gasteiger partial charge in [0.2, 0.25) is 10.0 Å². The third-order valence-corrected chi connectivity index (χ3v) is 7.95. The van der Waals surface area contributed by atoms with Crippen molar-refractivity contribution in [1.29, 1.82) is 0 Å². The van der Waals surface area contributed by atoms with Crippen LogP contribution in [0.3, 0.4) is 0 Å². The molecule has 0 spiro atoms. The minimum atomic E-state index is -4.83. The molecule has 0 radical (unpaired) electrons. The maximum atomic E-state index is 13.1. The number of sulfonamides is 1. The van der Waals surface area contributed by atoms with Crippen LogP contribution in [0.1, 0.15) is 11.3 Å². The van der Waals surface area contributed by atoms with Crippen LogP contribution in [-0.4, -0.2) is 39.5 Å². The zero-order valence-electron chi connectivity index (χ0n) is 13.2. The molecule has 1 fully saturated rings. The number of hydrogen-bond acceptors (Lipinski definition) is 5. The van der Waals surface area contributed by atoms with Crippen LogP contribution >= 0.6 is 0 Å². The molecule has 1 aliphatic heterocycles. The monoisotopic (exact) mass is 409 g/mol. The zero-order valence-corrected chi connectivity index (χ0v) is 14.8. The summed E-state index contributed by atoms with van der Waals surface area (Å²) < 4.78 is 94.3. The van der Waals surface area contributed by atoms with Crippen LogP contribution in [0.4, 0.5) is 13.2 Å². The van der Waals surface area contributed by atoms with E-state index in [-0.39, 0.29) is 5.76 Å². The van der Waals surface area contributed by atoms with Gasteiger partial charge in [-0.2, -0.15) is 17.5 Å². The van der Waals surface area contributed by atoms with E-state index < -0.39 is 60.6 Å². The Hall–Kier alpha value is -1.85. The van der Waals surface area contributed by atoms with E-state index in [1.807, 2.05) is 0 Å². The van der Waals surface area contributed by atoms with Gasteiger partial charge in [0.1, 0.15) is 11.5 Å². The molecule has 6 nitrogen and oxygen atoms in total. The molecular formula is C15H14F3NO5S2. The second-order valence-electron chi connectivity index (χ2n) is 5.82. The van der Waals surface area contributed by atoms with Crippen molar-refractivity contribution in [2.45, 2.75) is 22.1 Å². The molecule has 142 valence electrons. The Bertz CT molecular complexity index is 992. The molecule has 0 saturated carbocycles. The molecule has 1 saturated heterocycles. The van der Waals surface area contributed by atoms with E-state index >= 15 is 0 Å². The van der Waals surface area contributed by atoms with Crippen molar-refractivity contribution in [2.75, 3.05) is 13.1 Å². The highest BCUT2D eigenvalue weighted by atomic mass is 32.2. The fourth-order valence-corrected chi connectivity index (χ4v) is 6.14. The number of nitrogens with zero attached hydrogens (tertiary/aromatic N) is 1. The van der Waals surface area contributed by atoms with Crippen molar-refractivity contribution in [2.24, 2.45) is 0 Å². The first-order valence-electron chi connectivity index (χ1n) is 7.42. The first-order valence-corrected chi connectivity index (χ1v) is 10.6. The molecule has 1 aromatic heterocycles. The van der Waals surface area contributed by atoms with Crippen molar-refractivity contribution in [3.63, 3.8) is 0 Å². The number of alkyl halides is 3. The van der Waals surface area contributed by atoms with Gasteiger partial charge >= 0.3 is 6.18 Å². The lowest BCUT2D eigenvalue weighted by molar-refractivity contribution is -0.139. The van der Waals surface area contributed by atoms with Gasteiger partial charge in [-0.15, -0.1) is 0 Å². The van der Waals surface area contributed by atoms with E-state index in [1.165, 1.54) is 24.5 Å². The molecule has 0 N–H and O–H groups in total. The molecule has 0 atom stereocenters. The number of furan rings is 1. The Labute approximate surface area is 148 Å². The first-order chi connectivity index (χ1) is 12.0. The fraction of sp³-hybridized carbons (Fsp3) is 0.333. The fourth-order valence-electron chi connectivity index (χ4n) is 2.60. The van der Waals surface area contributed by atoms with E-state index in [0.29, 0.717) is 6.07 Å². The van der Waals surface area contributed by atoms with Gasteiger partial charge in [-0.05, 0) is 24.3 Å². The van der Waals surface area contributed by atoms with Crippen LogP contribution in [0.2, 0.25) is 0 Å². The summed E-state index contributed by atoms with van der Waals surface area (Å²) in [5.41, 5.74) is -1.28. The normalized spacial score (nSPS) is 17.2. The van der Waals surface area contributed by atoms with Crippen LogP contribution in [0.25, 0.3) is 0 Å². The summed E-state index contributed by atoms with van der Waals surface area (Å²) in [6.07, 6.45) is -3.52. The van der Waals surface area contributed by atoms with Crippen LogP contribution in [-0.2, 0) is 31.8 Å². The molecule has 0 aliphatic carbocycles. The van der Waals surface area contributed by atoms with Crippen LogP contribution < -0.4 is 0 Å². The van der Waals surface area contributed by atoms with E-state index in [1.54, 1.807) is 0 Å². The molecule has 1 aliphatic rings. The first kappa shape index (κ1) is 18.9. The van der Waals surface area contributed by atoms with Crippen molar-refractivity contribution in [1.82, 2.24) is 4.31 Å². The molecule has 2 heterocycles. The highest BCUT2D eigenvalue weighted by Crippen LogP contribution is 2.36. The minimum Gasteiger partial charge on any atom is -0.468 e. The summed E-state index contributed by atoms with van der Waals surface area (Å²) in [7, 11) is -8.13. The van der Waals surface area contributed by atoms with Gasteiger partial charge in [0.25, 0.3) is 0 Å². The number of rotatable bonds is 5. The summed E-state index contributed by atoms with van der Waals surface area (Å²) >= 11 is 0. The Kier molecular flexibility index (Phi) is 4.65. The van der Waals surface area contributed by atoms with Gasteiger partial charge in [0.05, 0.1) is 22.0 Å². The summed E-state index contributed by atoms with van der Waals surface area (Å²) in [4.78, 5) is -0.880. The lowest BCUT2D eigenvalue weighted by Gasteiger charge is -2.37. The Morgan fingerprint density at radius 3 is 2.27 bits per heavy atom. The van der Waals surface area contributed by atoms with Gasteiger partial charge in [0, 0.05) is 13.1 Å². The van der Waals surface area contributed by atoms with E-state index in [0.717, 1.165) is 16.4 Å². The van der Waals surface area contributed by atoms with Gasteiger partial charge in [-0.3, -0.25) is 0 Å². The van der Waals surface area contributed by atoms with Crippen LogP contribution in [0.15, 0.2) is 52.0 Å². The second kappa shape index (κ2) is 6.39. The topological polar surface area (TPSA) is 84.7 Å². The predicted octanol–water partition coefficient (Wildman–Crippen LogP) is 2.29. The Morgan fingerprint density at radius 1 is 1.04 bits per heavy atom. The lowest BCUT2D eigenvalue weighted by atomic mass is 10.2. The van der Waals surface area contributed by atoms with E-state index in [9.17, 15) is 30.0 Å². The predicted molar refractivity (Wildman–Crippen MR) is 85.3 cm³/mol. The maximum absolute atomic E-state index is 13.1. The van der Waals surface area contributed by atoms with E-state index in [2.05, 4.69) is 0 Å². The van der Waals surface area contributed by atoms with Gasteiger partial charge < -0.3 is 4.42 Å². The molecule has 1 aromatic carbocycles. The molecule has 0 unspecified atom stereocenters. The molecule has 11 heteroatoms. The number of benzene rings is 1. The third-order valence-electron chi connectivity index (χ3n) is 4.06. The standard InChI is InChI=1S/C15H14F3NO5S2/c16-15(17,18)13-5-1-2-6-14(13)26(22,23)19-8-12(9-19)25(20,21)10-11-4-3-7-24-11/h1-7,12H,8-10H2. The van der Waals surface area contributed by atoms with Gasteiger partial charge in [0.15, 0.2) is 9.84 Å². The number of hydrogen-bond donors (Lipinski definition) is 0. The van der Waals surface area contributed by atoms with Crippen molar-refractivity contribution < 1.29 is 34.4 Å².